The van der Waals surface area contributed by atoms with Crippen molar-refractivity contribution in [2.75, 3.05) is 0 Å². The summed E-state index contributed by atoms with van der Waals surface area (Å²) < 4.78 is 25.9. The fourth-order valence-electron chi connectivity index (χ4n) is 0.826. The predicted octanol–water partition coefficient (Wildman–Crippen LogP) is 0.574. The van der Waals surface area contributed by atoms with Gasteiger partial charge in [-0.3, -0.25) is 0 Å². The van der Waals surface area contributed by atoms with Crippen molar-refractivity contribution in [2.24, 2.45) is 5.90 Å². The SMILES string of the molecule is Cc1cccc(S(=O)(=O)ON)c1. The molecule has 0 aliphatic rings. The van der Waals surface area contributed by atoms with Crippen LogP contribution in [-0.4, -0.2) is 8.42 Å². The molecule has 0 amide bonds. The lowest BCUT2D eigenvalue weighted by Gasteiger charge is -2.00. The van der Waals surface area contributed by atoms with Gasteiger partial charge in [0, 0.05) is 0 Å². The molecule has 0 spiro atoms. The Balaban J connectivity index is 3.21. The molecule has 0 saturated heterocycles. The number of aryl methyl sites for hydroxylation is 1. The highest BCUT2D eigenvalue weighted by molar-refractivity contribution is 7.86. The molecule has 0 radical (unpaired) electrons. The fourth-order valence-corrected chi connectivity index (χ4v) is 1.51. The first-order chi connectivity index (χ1) is 5.56. The minimum Gasteiger partial charge on any atom is -0.197 e. The molecule has 0 unspecified atom stereocenters. The smallest absolute Gasteiger partial charge is 0.197 e. The van der Waals surface area contributed by atoms with E-state index >= 15 is 0 Å². The summed E-state index contributed by atoms with van der Waals surface area (Å²) in [4.78, 5) is 0.0741. The van der Waals surface area contributed by atoms with Crippen LogP contribution in [0.25, 0.3) is 0 Å². The van der Waals surface area contributed by atoms with Crippen LogP contribution in [0.4, 0.5) is 0 Å². The predicted molar refractivity (Wildman–Crippen MR) is 43.6 cm³/mol. The molecule has 0 aliphatic heterocycles. The Bertz CT molecular complexity index is 372. The second-order valence-corrected chi connectivity index (χ2v) is 3.94. The third-order valence-corrected chi connectivity index (χ3v) is 2.49. The van der Waals surface area contributed by atoms with Crippen LogP contribution in [-0.2, 0) is 14.4 Å². The van der Waals surface area contributed by atoms with E-state index in [0.29, 0.717) is 0 Å². The molecule has 4 nitrogen and oxygen atoms in total. The molecular weight excluding hydrogens is 178 g/mol. The van der Waals surface area contributed by atoms with E-state index in [9.17, 15) is 8.42 Å². The number of hydrogen-bond donors (Lipinski definition) is 1. The highest BCUT2D eigenvalue weighted by atomic mass is 32.2. The first-order valence-corrected chi connectivity index (χ1v) is 4.67. The summed E-state index contributed by atoms with van der Waals surface area (Å²) in [5.41, 5.74) is 0.841. The molecular formula is C7H9NO3S. The van der Waals surface area contributed by atoms with Gasteiger partial charge in [0.05, 0.1) is 4.90 Å². The van der Waals surface area contributed by atoms with Crippen LogP contribution in [0.5, 0.6) is 0 Å². The number of hydrogen-bond acceptors (Lipinski definition) is 4. The van der Waals surface area contributed by atoms with Crippen molar-refractivity contribution in [3.05, 3.63) is 29.8 Å². The van der Waals surface area contributed by atoms with Gasteiger partial charge >= 0.3 is 10.1 Å². The summed E-state index contributed by atoms with van der Waals surface area (Å²) in [7, 11) is -3.74. The van der Waals surface area contributed by atoms with Gasteiger partial charge in [-0.2, -0.15) is 18.6 Å². The van der Waals surface area contributed by atoms with E-state index in [-0.39, 0.29) is 4.90 Å². The summed E-state index contributed by atoms with van der Waals surface area (Å²) in [6.07, 6.45) is 0. The quantitative estimate of drug-likeness (QED) is 0.687. The van der Waals surface area contributed by atoms with Crippen LogP contribution in [0, 0.1) is 6.92 Å². The zero-order valence-corrected chi connectivity index (χ0v) is 7.34. The number of rotatable bonds is 2. The first-order valence-electron chi connectivity index (χ1n) is 3.26. The molecule has 5 heteroatoms. The fraction of sp³-hybridized carbons (Fsp3) is 0.143. The van der Waals surface area contributed by atoms with Crippen molar-refractivity contribution in [2.45, 2.75) is 11.8 Å². The lowest BCUT2D eigenvalue weighted by molar-refractivity contribution is 0.333. The van der Waals surface area contributed by atoms with Crippen LogP contribution >= 0.6 is 0 Å². The van der Waals surface area contributed by atoms with Crippen LogP contribution in [0.2, 0.25) is 0 Å². The van der Waals surface area contributed by atoms with Crippen molar-refractivity contribution < 1.29 is 12.7 Å². The maximum absolute atomic E-state index is 11.0. The maximum Gasteiger partial charge on any atom is 0.312 e. The van der Waals surface area contributed by atoms with Crippen LogP contribution in [0.3, 0.4) is 0 Å². The third-order valence-electron chi connectivity index (χ3n) is 1.40. The van der Waals surface area contributed by atoms with Gasteiger partial charge < -0.3 is 0 Å². The van der Waals surface area contributed by atoms with Gasteiger partial charge in [-0.1, -0.05) is 12.1 Å². The summed E-state index contributed by atoms with van der Waals surface area (Å²) in [6.45, 7) is 1.79. The molecule has 1 aromatic rings. The van der Waals surface area contributed by atoms with Gasteiger partial charge in [-0.15, -0.1) is 0 Å². The minimum atomic E-state index is -3.74. The monoisotopic (exact) mass is 187 g/mol. The average molecular weight is 187 g/mol. The van der Waals surface area contributed by atoms with E-state index in [1.807, 2.05) is 0 Å². The van der Waals surface area contributed by atoms with Gasteiger partial charge in [-0.25, -0.2) is 0 Å². The van der Waals surface area contributed by atoms with E-state index in [0.717, 1.165) is 5.56 Å². The summed E-state index contributed by atoms with van der Waals surface area (Å²) in [5, 5.41) is 0. The Hall–Kier alpha value is -0.910. The molecule has 0 saturated carbocycles. The minimum absolute atomic E-state index is 0.0741. The third kappa shape index (κ3) is 1.82. The number of nitrogens with two attached hydrogens (primary N) is 1. The van der Waals surface area contributed by atoms with Crippen molar-refractivity contribution in [1.82, 2.24) is 0 Å². The second-order valence-electron chi connectivity index (χ2n) is 2.37. The molecule has 2 N–H and O–H groups in total. The summed E-state index contributed by atoms with van der Waals surface area (Å²) in [5.74, 6) is 4.60. The van der Waals surface area contributed by atoms with Gasteiger partial charge in [0.2, 0.25) is 0 Å². The lowest BCUT2D eigenvalue weighted by atomic mass is 10.2. The van der Waals surface area contributed by atoms with Crippen LogP contribution in [0.15, 0.2) is 29.2 Å². The van der Waals surface area contributed by atoms with Gasteiger partial charge in [0.25, 0.3) is 0 Å². The van der Waals surface area contributed by atoms with Gasteiger partial charge in [-0.05, 0) is 24.6 Å². The topological polar surface area (TPSA) is 69.4 Å². The summed E-state index contributed by atoms with van der Waals surface area (Å²) >= 11 is 0. The van der Waals surface area contributed by atoms with Crippen molar-refractivity contribution in [3.8, 4) is 0 Å². The molecule has 1 rings (SSSR count). The Labute approximate surface area is 71.0 Å². The molecule has 12 heavy (non-hydrogen) atoms. The van der Waals surface area contributed by atoms with E-state index in [2.05, 4.69) is 10.2 Å². The summed E-state index contributed by atoms with van der Waals surface area (Å²) in [6, 6.07) is 6.33. The largest absolute Gasteiger partial charge is 0.312 e. The van der Waals surface area contributed by atoms with E-state index in [4.69, 9.17) is 0 Å². The number of benzene rings is 1. The van der Waals surface area contributed by atoms with Gasteiger partial charge in [0.1, 0.15) is 0 Å². The molecule has 0 fully saturated rings. The lowest BCUT2D eigenvalue weighted by Crippen LogP contribution is -2.11. The highest BCUT2D eigenvalue weighted by Crippen LogP contribution is 2.11. The van der Waals surface area contributed by atoms with Crippen LogP contribution < -0.4 is 5.90 Å². The molecule has 1 aromatic carbocycles. The Morgan fingerprint density at radius 2 is 2.08 bits per heavy atom. The zero-order chi connectivity index (χ0) is 9.19. The molecule has 0 bridgehead atoms. The maximum atomic E-state index is 11.0. The zero-order valence-electron chi connectivity index (χ0n) is 6.52. The van der Waals surface area contributed by atoms with E-state index < -0.39 is 10.1 Å². The second kappa shape index (κ2) is 3.22. The molecule has 0 aromatic heterocycles. The molecule has 66 valence electrons. The first kappa shape index (κ1) is 9.18. The highest BCUT2D eigenvalue weighted by Gasteiger charge is 2.12. The Kier molecular flexibility index (Phi) is 2.46. The average Bonchev–Trinajstić information content (AvgIpc) is 2.05. The molecule has 0 heterocycles. The van der Waals surface area contributed by atoms with Crippen molar-refractivity contribution >= 4 is 10.1 Å². The van der Waals surface area contributed by atoms with Crippen molar-refractivity contribution in [3.63, 3.8) is 0 Å². The molecule has 0 aliphatic carbocycles. The molecule has 0 atom stereocenters. The van der Waals surface area contributed by atoms with E-state index in [1.165, 1.54) is 12.1 Å². The normalized spacial score (nSPS) is 11.5. The Morgan fingerprint density at radius 1 is 1.42 bits per heavy atom. The van der Waals surface area contributed by atoms with Crippen LogP contribution in [0.1, 0.15) is 5.56 Å². The standard InChI is InChI=1S/C7H9NO3S/c1-6-3-2-4-7(5-6)12(9,10)11-8/h2-5H,8H2,1H3. The van der Waals surface area contributed by atoms with E-state index in [1.54, 1.807) is 19.1 Å². The van der Waals surface area contributed by atoms with Gasteiger partial charge in [0.15, 0.2) is 0 Å². The van der Waals surface area contributed by atoms with Crippen molar-refractivity contribution in [1.29, 1.82) is 0 Å². The Morgan fingerprint density at radius 3 is 2.58 bits per heavy atom.